The predicted molar refractivity (Wildman–Crippen MR) is 75.1 cm³/mol. The maximum Gasteiger partial charge on any atom is 0.317 e. The van der Waals surface area contributed by atoms with E-state index in [0.717, 1.165) is 19.3 Å². The summed E-state index contributed by atoms with van der Waals surface area (Å²) < 4.78 is 0. The SMILES string of the molecule is CCCCCCCC(CC(C(=O)O)C(=O)O)C(C)C. The first-order valence-electron chi connectivity index (χ1n) is 7.35. The van der Waals surface area contributed by atoms with Crippen molar-refractivity contribution in [2.45, 2.75) is 65.7 Å². The first kappa shape index (κ1) is 17.9. The fraction of sp³-hybridized carbons (Fsp3) is 0.867. The van der Waals surface area contributed by atoms with E-state index < -0.39 is 17.9 Å². The number of aliphatic carboxylic acids is 2. The summed E-state index contributed by atoms with van der Waals surface area (Å²) in [6.07, 6.45) is 7.04. The molecule has 0 aromatic heterocycles. The van der Waals surface area contributed by atoms with Crippen molar-refractivity contribution in [1.29, 1.82) is 0 Å². The average molecular weight is 272 g/mol. The summed E-state index contributed by atoms with van der Waals surface area (Å²) in [4.78, 5) is 21.9. The largest absolute Gasteiger partial charge is 0.481 e. The van der Waals surface area contributed by atoms with E-state index >= 15 is 0 Å². The maximum absolute atomic E-state index is 10.9. The summed E-state index contributed by atoms with van der Waals surface area (Å²) in [5.41, 5.74) is 0. The van der Waals surface area contributed by atoms with E-state index in [2.05, 4.69) is 6.92 Å². The topological polar surface area (TPSA) is 74.6 Å². The van der Waals surface area contributed by atoms with Crippen molar-refractivity contribution >= 4 is 11.9 Å². The fourth-order valence-corrected chi connectivity index (χ4v) is 2.34. The second kappa shape index (κ2) is 9.82. The molecule has 19 heavy (non-hydrogen) atoms. The molecule has 2 N–H and O–H groups in total. The fourth-order valence-electron chi connectivity index (χ4n) is 2.34. The van der Waals surface area contributed by atoms with Gasteiger partial charge in [0.1, 0.15) is 0 Å². The Balaban J connectivity index is 4.24. The van der Waals surface area contributed by atoms with Gasteiger partial charge in [-0.25, -0.2) is 0 Å². The van der Waals surface area contributed by atoms with E-state index in [0.29, 0.717) is 5.92 Å². The Hall–Kier alpha value is -1.06. The van der Waals surface area contributed by atoms with Crippen LogP contribution in [0.25, 0.3) is 0 Å². The van der Waals surface area contributed by atoms with Crippen LogP contribution >= 0.6 is 0 Å². The molecule has 0 fully saturated rings. The van der Waals surface area contributed by atoms with Gasteiger partial charge in [0.2, 0.25) is 0 Å². The van der Waals surface area contributed by atoms with Crippen molar-refractivity contribution < 1.29 is 19.8 Å². The quantitative estimate of drug-likeness (QED) is 0.443. The molecule has 0 aromatic carbocycles. The molecule has 112 valence electrons. The van der Waals surface area contributed by atoms with Crippen molar-refractivity contribution in [3.63, 3.8) is 0 Å². The third kappa shape index (κ3) is 7.85. The maximum atomic E-state index is 10.9. The zero-order chi connectivity index (χ0) is 14.8. The number of hydrogen-bond acceptors (Lipinski definition) is 2. The molecular formula is C15H28O4. The lowest BCUT2D eigenvalue weighted by atomic mass is 9.82. The summed E-state index contributed by atoms with van der Waals surface area (Å²) in [5.74, 6) is -3.19. The van der Waals surface area contributed by atoms with E-state index in [1.807, 2.05) is 13.8 Å². The van der Waals surface area contributed by atoms with Crippen LogP contribution < -0.4 is 0 Å². The van der Waals surface area contributed by atoms with Gasteiger partial charge in [-0.2, -0.15) is 0 Å². The number of carboxylic acid groups (broad SMARTS) is 2. The summed E-state index contributed by atoms with van der Waals surface area (Å²) in [6.45, 7) is 6.25. The Labute approximate surface area is 116 Å². The third-order valence-electron chi connectivity index (χ3n) is 3.76. The lowest BCUT2D eigenvalue weighted by Gasteiger charge is -2.22. The van der Waals surface area contributed by atoms with Gasteiger partial charge in [0, 0.05) is 0 Å². The normalized spacial score (nSPS) is 12.9. The van der Waals surface area contributed by atoms with Gasteiger partial charge in [0.05, 0.1) is 0 Å². The van der Waals surface area contributed by atoms with Crippen LogP contribution in [0.1, 0.15) is 65.7 Å². The molecule has 4 nitrogen and oxygen atoms in total. The second-order valence-electron chi connectivity index (χ2n) is 5.67. The molecular weight excluding hydrogens is 244 g/mol. The zero-order valence-electron chi connectivity index (χ0n) is 12.4. The minimum atomic E-state index is -1.26. The van der Waals surface area contributed by atoms with Gasteiger partial charge in [-0.1, -0.05) is 59.3 Å². The van der Waals surface area contributed by atoms with Crippen molar-refractivity contribution in [2.75, 3.05) is 0 Å². The molecule has 0 saturated carbocycles. The van der Waals surface area contributed by atoms with Gasteiger partial charge in [-0.3, -0.25) is 9.59 Å². The molecule has 0 radical (unpaired) electrons. The number of hydrogen-bond donors (Lipinski definition) is 2. The molecule has 1 atom stereocenters. The minimum absolute atomic E-state index is 0.179. The van der Waals surface area contributed by atoms with Gasteiger partial charge >= 0.3 is 11.9 Å². The van der Waals surface area contributed by atoms with E-state index in [4.69, 9.17) is 10.2 Å². The van der Waals surface area contributed by atoms with Gasteiger partial charge in [0.25, 0.3) is 0 Å². The highest BCUT2D eigenvalue weighted by Gasteiger charge is 2.30. The lowest BCUT2D eigenvalue weighted by Crippen LogP contribution is -2.27. The second-order valence-corrected chi connectivity index (χ2v) is 5.67. The first-order chi connectivity index (χ1) is 8.90. The van der Waals surface area contributed by atoms with Gasteiger partial charge < -0.3 is 10.2 Å². The van der Waals surface area contributed by atoms with Crippen LogP contribution in [0.15, 0.2) is 0 Å². The predicted octanol–water partition coefficient (Wildman–Crippen LogP) is 3.79. The van der Waals surface area contributed by atoms with Gasteiger partial charge in [-0.05, 0) is 18.3 Å². The van der Waals surface area contributed by atoms with Crippen LogP contribution in [0.2, 0.25) is 0 Å². The summed E-state index contributed by atoms with van der Waals surface area (Å²) in [7, 11) is 0. The molecule has 4 heteroatoms. The molecule has 0 rings (SSSR count). The molecule has 0 spiro atoms. The van der Waals surface area contributed by atoms with Crippen LogP contribution in [0.4, 0.5) is 0 Å². The summed E-state index contributed by atoms with van der Waals surface area (Å²) in [6, 6.07) is 0. The molecule has 0 saturated heterocycles. The highest BCUT2D eigenvalue weighted by molar-refractivity contribution is 5.92. The van der Waals surface area contributed by atoms with Crippen LogP contribution in [-0.2, 0) is 9.59 Å². The summed E-state index contributed by atoms with van der Waals surface area (Å²) >= 11 is 0. The highest BCUT2D eigenvalue weighted by atomic mass is 16.4. The standard InChI is InChI=1S/C15H28O4/c1-4-5-6-7-8-9-12(11(2)3)10-13(14(16)17)15(18)19/h11-13H,4-10H2,1-3H3,(H,16,17)(H,18,19). The Bertz CT molecular complexity index is 259. The molecule has 0 aliphatic rings. The number of carbonyl (C=O) groups is 2. The number of unbranched alkanes of at least 4 members (excludes halogenated alkanes) is 4. The Morgan fingerprint density at radius 3 is 1.89 bits per heavy atom. The molecule has 0 aliphatic heterocycles. The molecule has 1 unspecified atom stereocenters. The van der Waals surface area contributed by atoms with Crippen molar-refractivity contribution in [3.8, 4) is 0 Å². The van der Waals surface area contributed by atoms with Gasteiger partial charge in [0.15, 0.2) is 5.92 Å². The first-order valence-corrected chi connectivity index (χ1v) is 7.35. The van der Waals surface area contributed by atoms with E-state index in [-0.39, 0.29) is 12.3 Å². The Morgan fingerprint density at radius 2 is 1.47 bits per heavy atom. The van der Waals surface area contributed by atoms with E-state index in [1.54, 1.807) is 0 Å². The molecule has 0 aliphatic carbocycles. The smallest absolute Gasteiger partial charge is 0.317 e. The van der Waals surface area contributed by atoms with Crippen LogP contribution in [-0.4, -0.2) is 22.2 Å². The minimum Gasteiger partial charge on any atom is -0.481 e. The number of carboxylic acids is 2. The van der Waals surface area contributed by atoms with E-state index in [9.17, 15) is 9.59 Å². The van der Waals surface area contributed by atoms with Crippen LogP contribution in [0, 0.1) is 17.8 Å². The molecule has 0 amide bonds. The Morgan fingerprint density at radius 1 is 0.947 bits per heavy atom. The average Bonchev–Trinajstić information content (AvgIpc) is 2.31. The Kier molecular flexibility index (Phi) is 9.27. The van der Waals surface area contributed by atoms with Crippen molar-refractivity contribution in [1.82, 2.24) is 0 Å². The monoisotopic (exact) mass is 272 g/mol. The molecule has 0 heterocycles. The third-order valence-corrected chi connectivity index (χ3v) is 3.76. The zero-order valence-corrected chi connectivity index (χ0v) is 12.4. The summed E-state index contributed by atoms with van der Waals surface area (Å²) in [5, 5.41) is 17.9. The lowest BCUT2D eigenvalue weighted by molar-refractivity contribution is -0.155. The molecule has 0 bridgehead atoms. The molecule has 0 aromatic rings. The van der Waals surface area contributed by atoms with Crippen molar-refractivity contribution in [2.24, 2.45) is 17.8 Å². The highest BCUT2D eigenvalue weighted by Crippen LogP contribution is 2.26. The van der Waals surface area contributed by atoms with Crippen LogP contribution in [0.3, 0.4) is 0 Å². The van der Waals surface area contributed by atoms with E-state index in [1.165, 1.54) is 19.3 Å². The van der Waals surface area contributed by atoms with Crippen LogP contribution in [0.5, 0.6) is 0 Å². The van der Waals surface area contributed by atoms with Gasteiger partial charge in [-0.15, -0.1) is 0 Å². The van der Waals surface area contributed by atoms with Crippen molar-refractivity contribution in [3.05, 3.63) is 0 Å². The number of rotatable bonds is 11.